The van der Waals surface area contributed by atoms with E-state index in [0.29, 0.717) is 11.8 Å². The highest BCUT2D eigenvalue weighted by atomic mass is 32.3. The summed E-state index contributed by atoms with van der Waals surface area (Å²) in [5, 5.41) is 50.9. The van der Waals surface area contributed by atoms with Crippen LogP contribution in [0.25, 0.3) is 0 Å². The van der Waals surface area contributed by atoms with Crippen LogP contribution in [0.2, 0.25) is 0 Å². The smallest absolute Gasteiger partial charge is 0.394 e. The van der Waals surface area contributed by atoms with Gasteiger partial charge in [0.05, 0.1) is 12.7 Å². The second-order valence-electron chi connectivity index (χ2n) is 5.19. The van der Waals surface area contributed by atoms with Gasteiger partial charge in [0.2, 0.25) is 0 Å². The van der Waals surface area contributed by atoms with E-state index in [9.17, 15) is 28.8 Å². The molecule has 1 aliphatic heterocycles. The Morgan fingerprint density at radius 3 is 2.42 bits per heavy atom. The molecule has 6 N–H and O–H groups in total. The van der Waals surface area contributed by atoms with Crippen LogP contribution in [0.4, 0.5) is 0 Å². The van der Waals surface area contributed by atoms with E-state index in [-0.39, 0.29) is 17.9 Å². The number of thioether (sulfide) groups is 1. The predicted octanol–water partition coefficient (Wildman–Crippen LogP) is -2.19. The molecule has 13 heteroatoms. The highest BCUT2D eigenvalue weighted by Gasteiger charge is 2.44. The third kappa shape index (κ3) is 6.78. The molecule has 0 spiro atoms. The number of aliphatic hydroxyl groups excluding tert-OH is 5. The molecule has 1 saturated heterocycles. The molecule has 1 rings (SSSR count). The molecule has 142 valence electrons. The Kier molecular flexibility index (Phi) is 8.31. The molecule has 0 aromatic rings. The third-order valence-corrected chi connectivity index (χ3v) is 4.55. The van der Waals surface area contributed by atoms with Crippen LogP contribution >= 0.6 is 11.8 Å². The summed E-state index contributed by atoms with van der Waals surface area (Å²) < 4.78 is 38.9. The van der Waals surface area contributed by atoms with Crippen LogP contribution in [0, 0.1) is 0 Å². The molecule has 1 fully saturated rings. The van der Waals surface area contributed by atoms with Gasteiger partial charge in [0.15, 0.2) is 0 Å². The van der Waals surface area contributed by atoms with Gasteiger partial charge >= 0.3 is 10.4 Å². The summed E-state index contributed by atoms with van der Waals surface area (Å²) in [7, 11) is -4.84. The van der Waals surface area contributed by atoms with Crippen molar-refractivity contribution in [3.8, 4) is 0 Å². The molecule has 6 atom stereocenters. The van der Waals surface area contributed by atoms with Gasteiger partial charge in [-0.3, -0.25) is 4.55 Å². The van der Waals surface area contributed by atoms with Crippen molar-refractivity contribution in [2.75, 3.05) is 6.61 Å². The van der Waals surface area contributed by atoms with Crippen molar-refractivity contribution in [3.63, 3.8) is 0 Å². The zero-order valence-corrected chi connectivity index (χ0v) is 14.3. The van der Waals surface area contributed by atoms with Gasteiger partial charge in [0.25, 0.3) is 0 Å². The Hall–Kier alpha value is -0.510. The van der Waals surface area contributed by atoms with E-state index in [1.807, 2.05) is 0 Å². The van der Waals surface area contributed by atoms with Gasteiger partial charge in [-0.05, 0) is 13.3 Å². The van der Waals surface area contributed by atoms with Crippen molar-refractivity contribution in [1.29, 1.82) is 0 Å². The number of hydrogen-bond acceptors (Lipinski definition) is 11. The monoisotopic (exact) mass is 391 g/mol. The van der Waals surface area contributed by atoms with Crippen LogP contribution in [0.3, 0.4) is 0 Å². The fourth-order valence-electron chi connectivity index (χ4n) is 1.85. The van der Waals surface area contributed by atoms with Gasteiger partial charge in [0, 0.05) is 6.42 Å². The van der Waals surface area contributed by atoms with Crippen LogP contribution in [-0.2, 0) is 19.4 Å². The first-order chi connectivity index (χ1) is 11.0. The molecule has 1 heterocycles. The van der Waals surface area contributed by atoms with E-state index in [0.717, 1.165) is 0 Å². The van der Waals surface area contributed by atoms with Crippen molar-refractivity contribution in [2.24, 2.45) is 5.16 Å². The largest absolute Gasteiger partial charge is 0.466 e. The molecule has 0 aromatic heterocycles. The lowest BCUT2D eigenvalue weighted by Gasteiger charge is -2.39. The number of rotatable bonds is 7. The Bertz CT molecular complexity index is 523. The minimum Gasteiger partial charge on any atom is -0.394 e. The van der Waals surface area contributed by atoms with Crippen molar-refractivity contribution >= 4 is 27.2 Å². The SMILES string of the molecule is C[C@@H](O)CC/C(=N/OS(=O)(=O)O)S[C@H]1O[C@@H](CO)[C@H](O)[C@@H](O)[C@H]1O. The summed E-state index contributed by atoms with van der Waals surface area (Å²) in [6, 6.07) is 0. The van der Waals surface area contributed by atoms with Crippen molar-refractivity contribution in [2.45, 2.75) is 55.7 Å². The second kappa shape index (κ2) is 9.26. The van der Waals surface area contributed by atoms with E-state index in [2.05, 4.69) is 9.44 Å². The maximum absolute atomic E-state index is 10.6. The highest BCUT2D eigenvalue weighted by Crippen LogP contribution is 2.30. The van der Waals surface area contributed by atoms with Crippen molar-refractivity contribution in [1.82, 2.24) is 0 Å². The minimum atomic E-state index is -4.84. The van der Waals surface area contributed by atoms with Crippen LogP contribution in [-0.4, -0.2) is 86.1 Å². The summed E-state index contributed by atoms with van der Waals surface area (Å²) in [6.45, 7) is 0.865. The molecule has 0 aromatic carbocycles. The van der Waals surface area contributed by atoms with Gasteiger partial charge in [-0.1, -0.05) is 16.9 Å². The first-order valence-corrected chi connectivity index (χ1v) is 9.17. The quantitative estimate of drug-likeness (QED) is 0.120. The van der Waals surface area contributed by atoms with E-state index in [1.54, 1.807) is 0 Å². The van der Waals surface area contributed by atoms with Crippen molar-refractivity contribution < 1.29 is 47.5 Å². The summed E-state index contributed by atoms with van der Waals surface area (Å²) in [5.41, 5.74) is -1.20. The maximum atomic E-state index is 10.6. The molecule has 24 heavy (non-hydrogen) atoms. The molecular formula is C11H21NO10S2. The Morgan fingerprint density at radius 2 is 1.92 bits per heavy atom. The summed E-state index contributed by atoms with van der Waals surface area (Å²) in [4.78, 5) is 0. The Balaban J connectivity index is 2.86. The molecular weight excluding hydrogens is 370 g/mol. The number of nitrogens with zero attached hydrogens (tertiary/aromatic N) is 1. The van der Waals surface area contributed by atoms with E-state index in [1.165, 1.54) is 6.92 Å². The number of ether oxygens (including phenoxy) is 1. The number of hydrogen-bond donors (Lipinski definition) is 6. The van der Waals surface area contributed by atoms with Crippen LogP contribution in [0.1, 0.15) is 19.8 Å². The summed E-state index contributed by atoms with van der Waals surface area (Å²) in [5.74, 6) is 0. The fraction of sp³-hybridized carbons (Fsp3) is 0.909. The Morgan fingerprint density at radius 1 is 1.29 bits per heavy atom. The second-order valence-corrected chi connectivity index (χ2v) is 7.37. The van der Waals surface area contributed by atoms with Crippen LogP contribution < -0.4 is 0 Å². The maximum Gasteiger partial charge on any atom is 0.466 e. The molecule has 0 unspecified atom stereocenters. The standard InChI is InChI=1S/C11H21NO10S2/c1-5(14)2-3-7(12-22-24(18,19)20)23-11-10(17)9(16)8(15)6(4-13)21-11/h5-6,8-11,13-17H,2-4H2,1H3,(H,18,19,20)/b12-7-/t5-,6+,8+,9-,10-,11-/m1/s1. The number of aliphatic hydroxyl groups is 5. The van der Waals surface area contributed by atoms with E-state index >= 15 is 0 Å². The van der Waals surface area contributed by atoms with Crippen LogP contribution in [0.5, 0.6) is 0 Å². The molecule has 0 radical (unpaired) electrons. The summed E-state index contributed by atoms with van der Waals surface area (Å²) in [6.07, 6.45) is -6.39. The van der Waals surface area contributed by atoms with Gasteiger partial charge in [-0.25, -0.2) is 4.28 Å². The average Bonchev–Trinajstić information content (AvgIpc) is 2.49. The predicted molar refractivity (Wildman–Crippen MR) is 82.3 cm³/mol. The van der Waals surface area contributed by atoms with Gasteiger partial charge in [-0.2, -0.15) is 8.42 Å². The minimum absolute atomic E-state index is 0.0207. The van der Waals surface area contributed by atoms with Crippen LogP contribution in [0.15, 0.2) is 5.16 Å². The molecule has 0 saturated carbocycles. The highest BCUT2D eigenvalue weighted by molar-refractivity contribution is 8.14. The molecule has 0 aliphatic carbocycles. The average molecular weight is 391 g/mol. The van der Waals surface area contributed by atoms with Crippen molar-refractivity contribution in [3.05, 3.63) is 0 Å². The van der Waals surface area contributed by atoms with Gasteiger partial charge in [0.1, 0.15) is 34.9 Å². The zero-order chi connectivity index (χ0) is 18.5. The molecule has 0 amide bonds. The lowest BCUT2D eigenvalue weighted by atomic mass is 10.0. The van der Waals surface area contributed by atoms with E-state index in [4.69, 9.17) is 14.4 Å². The first-order valence-electron chi connectivity index (χ1n) is 6.93. The molecule has 11 nitrogen and oxygen atoms in total. The first kappa shape index (κ1) is 21.5. The molecule has 1 aliphatic rings. The normalized spacial score (nSPS) is 33.3. The zero-order valence-electron chi connectivity index (χ0n) is 12.7. The Labute approximate surface area is 142 Å². The fourth-order valence-corrected chi connectivity index (χ4v) is 3.16. The van der Waals surface area contributed by atoms with E-state index < -0.39 is 53.0 Å². The third-order valence-electron chi connectivity index (χ3n) is 3.11. The van der Waals surface area contributed by atoms with Gasteiger partial charge < -0.3 is 30.3 Å². The van der Waals surface area contributed by atoms with Gasteiger partial charge in [-0.15, -0.1) is 0 Å². The number of oxime groups is 1. The topological polar surface area (TPSA) is 186 Å². The lowest BCUT2D eigenvalue weighted by molar-refractivity contribution is -0.205. The lowest BCUT2D eigenvalue weighted by Crippen LogP contribution is -2.57. The molecule has 0 bridgehead atoms. The summed E-state index contributed by atoms with van der Waals surface area (Å²) >= 11 is 0.665.